The molecule has 2 atom stereocenters. The highest BCUT2D eigenvalue weighted by Crippen LogP contribution is 2.48. The number of hydrogen-bond acceptors (Lipinski definition) is 5. The number of benzene rings is 2. The Kier molecular flexibility index (Phi) is 4.75. The number of rotatable bonds is 5. The van der Waals surface area contributed by atoms with E-state index in [1.54, 1.807) is 26.2 Å². The maximum absolute atomic E-state index is 12.2. The van der Waals surface area contributed by atoms with Gasteiger partial charge in [0.1, 0.15) is 17.6 Å². The Morgan fingerprint density at radius 3 is 2.15 bits per heavy atom. The van der Waals surface area contributed by atoms with Crippen molar-refractivity contribution in [1.29, 1.82) is 0 Å². The van der Waals surface area contributed by atoms with Crippen LogP contribution in [-0.4, -0.2) is 17.8 Å². The number of carbonyl (C=O) groups excluding carboxylic acids is 1. The third-order valence-electron chi connectivity index (χ3n) is 4.58. The molecule has 0 bridgehead atoms. The summed E-state index contributed by atoms with van der Waals surface area (Å²) < 4.78 is 11.2. The molecule has 2 aromatic rings. The molecule has 0 aromatic heterocycles. The molecule has 1 aliphatic rings. The normalized spacial score (nSPS) is 19.2. The fourth-order valence-corrected chi connectivity index (χ4v) is 3.36. The fraction of sp³-hybridized carbons (Fsp3) is 0.250. The standard InChI is InChI=1S/C20H19NO5/c1-12(22)18-13(2)26-20(15-6-10-17(25-3)11-7-15)19(18)14-4-8-16(9-5-14)21(23)24/h4-11,19-20H,1-3H3/t19-,20-/m1/s1. The van der Waals surface area contributed by atoms with Crippen molar-refractivity contribution in [3.8, 4) is 5.75 Å². The van der Waals surface area contributed by atoms with E-state index in [1.165, 1.54) is 19.1 Å². The Bertz CT molecular complexity index is 868. The summed E-state index contributed by atoms with van der Waals surface area (Å²) in [6.45, 7) is 3.29. The maximum atomic E-state index is 12.2. The van der Waals surface area contributed by atoms with Gasteiger partial charge in [0, 0.05) is 17.7 Å². The van der Waals surface area contributed by atoms with Gasteiger partial charge in [-0.25, -0.2) is 0 Å². The number of carbonyl (C=O) groups is 1. The van der Waals surface area contributed by atoms with Crippen molar-refractivity contribution in [2.24, 2.45) is 0 Å². The van der Waals surface area contributed by atoms with Crippen LogP contribution in [0.25, 0.3) is 0 Å². The van der Waals surface area contributed by atoms with Gasteiger partial charge in [0.15, 0.2) is 5.78 Å². The molecule has 134 valence electrons. The monoisotopic (exact) mass is 353 g/mol. The first-order chi connectivity index (χ1) is 12.4. The van der Waals surface area contributed by atoms with Crippen molar-refractivity contribution >= 4 is 11.5 Å². The van der Waals surface area contributed by atoms with Crippen LogP contribution in [0.15, 0.2) is 59.9 Å². The van der Waals surface area contributed by atoms with Crippen LogP contribution < -0.4 is 4.74 Å². The first-order valence-corrected chi connectivity index (χ1v) is 8.19. The number of nitro benzene ring substituents is 1. The number of nitrogens with zero attached hydrogens (tertiary/aromatic N) is 1. The average molecular weight is 353 g/mol. The SMILES string of the molecule is COc1ccc([C@H]2OC(C)=C(C(C)=O)[C@H]2c2ccc([N+](=O)[O-])cc2)cc1. The van der Waals surface area contributed by atoms with E-state index in [0.717, 1.165) is 16.9 Å². The summed E-state index contributed by atoms with van der Waals surface area (Å²) in [7, 11) is 1.60. The minimum absolute atomic E-state index is 0.0127. The van der Waals surface area contributed by atoms with Gasteiger partial charge in [0.25, 0.3) is 5.69 Å². The van der Waals surface area contributed by atoms with Crippen LogP contribution in [0.4, 0.5) is 5.69 Å². The van der Waals surface area contributed by atoms with E-state index in [2.05, 4.69) is 0 Å². The van der Waals surface area contributed by atoms with Gasteiger partial charge in [-0.2, -0.15) is 0 Å². The molecule has 6 heteroatoms. The van der Waals surface area contributed by atoms with Crippen LogP contribution in [0, 0.1) is 10.1 Å². The van der Waals surface area contributed by atoms with E-state index in [4.69, 9.17) is 9.47 Å². The summed E-state index contributed by atoms with van der Waals surface area (Å²) in [6, 6.07) is 13.8. The lowest BCUT2D eigenvalue weighted by atomic mass is 9.83. The summed E-state index contributed by atoms with van der Waals surface area (Å²) in [5, 5.41) is 10.9. The number of non-ortho nitro benzene ring substituents is 1. The Morgan fingerprint density at radius 2 is 1.65 bits per heavy atom. The second-order valence-corrected chi connectivity index (χ2v) is 6.16. The molecule has 6 nitrogen and oxygen atoms in total. The van der Waals surface area contributed by atoms with Gasteiger partial charge < -0.3 is 9.47 Å². The molecule has 0 saturated carbocycles. The second kappa shape index (κ2) is 7.00. The predicted molar refractivity (Wildman–Crippen MR) is 96.0 cm³/mol. The molecule has 1 aliphatic heterocycles. The van der Waals surface area contributed by atoms with Crippen LogP contribution in [-0.2, 0) is 9.53 Å². The molecule has 2 aromatic carbocycles. The molecular formula is C20H19NO5. The topological polar surface area (TPSA) is 78.7 Å². The van der Waals surface area contributed by atoms with E-state index in [9.17, 15) is 14.9 Å². The summed E-state index contributed by atoms with van der Waals surface area (Å²) in [5.41, 5.74) is 2.32. The summed E-state index contributed by atoms with van der Waals surface area (Å²) in [6.07, 6.45) is -0.374. The molecule has 0 fully saturated rings. The van der Waals surface area contributed by atoms with Crippen molar-refractivity contribution in [3.05, 3.63) is 81.1 Å². The molecule has 26 heavy (non-hydrogen) atoms. The largest absolute Gasteiger partial charge is 0.497 e. The number of Topliss-reactive ketones (excluding diaryl/α,β-unsaturated/α-hetero) is 1. The number of allylic oxidation sites excluding steroid dienone is 1. The highest BCUT2D eigenvalue weighted by molar-refractivity contribution is 5.96. The zero-order chi connectivity index (χ0) is 18.8. The fourth-order valence-electron chi connectivity index (χ4n) is 3.36. The lowest BCUT2D eigenvalue weighted by Crippen LogP contribution is -2.13. The van der Waals surface area contributed by atoms with Gasteiger partial charge in [-0.05, 0) is 37.1 Å². The van der Waals surface area contributed by atoms with E-state index >= 15 is 0 Å². The lowest BCUT2D eigenvalue weighted by molar-refractivity contribution is -0.384. The highest BCUT2D eigenvalue weighted by atomic mass is 16.6. The van der Waals surface area contributed by atoms with Gasteiger partial charge in [0.05, 0.1) is 18.0 Å². The minimum atomic E-state index is -0.442. The van der Waals surface area contributed by atoms with E-state index in [-0.39, 0.29) is 23.5 Å². The van der Waals surface area contributed by atoms with Crippen molar-refractivity contribution in [3.63, 3.8) is 0 Å². The lowest BCUT2D eigenvalue weighted by Gasteiger charge is -2.22. The quantitative estimate of drug-likeness (QED) is 0.591. The summed E-state index contributed by atoms with van der Waals surface area (Å²) in [4.78, 5) is 22.7. The van der Waals surface area contributed by atoms with Crippen molar-refractivity contribution in [1.82, 2.24) is 0 Å². The zero-order valence-electron chi connectivity index (χ0n) is 14.8. The smallest absolute Gasteiger partial charge is 0.269 e. The maximum Gasteiger partial charge on any atom is 0.269 e. The van der Waals surface area contributed by atoms with Crippen LogP contribution in [0.5, 0.6) is 5.75 Å². The number of nitro groups is 1. The van der Waals surface area contributed by atoms with E-state index < -0.39 is 4.92 Å². The van der Waals surface area contributed by atoms with E-state index in [0.29, 0.717) is 11.3 Å². The Labute approximate surface area is 151 Å². The second-order valence-electron chi connectivity index (χ2n) is 6.16. The predicted octanol–water partition coefficient (Wildman–Crippen LogP) is 4.32. The molecule has 1 heterocycles. The average Bonchev–Trinajstić information content (AvgIpc) is 2.99. The molecule has 0 spiro atoms. The Balaban J connectivity index is 2.04. The Hall–Kier alpha value is -3.15. The third-order valence-corrected chi connectivity index (χ3v) is 4.58. The highest BCUT2D eigenvalue weighted by Gasteiger charge is 2.39. The summed E-state index contributed by atoms with van der Waals surface area (Å²) >= 11 is 0. The molecule has 0 amide bonds. The van der Waals surface area contributed by atoms with Gasteiger partial charge in [-0.1, -0.05) is 24.3 Å². The molecule has 0 unspecified atom stereocenters. The van der Waals surface area contributed by atoms with Crippen LogP contribution in [0.2, 0.25) is 0 Å². The molecule has 0 saturated heterocycles. The van der Waals surface area contributed by atoms with Crippen molar-refractivity contribution in [2.45, 2.75) is 25.9 Å². The first-order valence-electron chi connectivity index (χ1n) is 8.19. The summed E-state index contributed by atoms with van der Waals surface area (Å²) in [5.74, 6) is 0.931. The minimum Gasteiger partial charge on any atom is -0.497 e. The Morgan fingerprint density at radius 1 is 1.08 bits per heavy atom. The van der Waals surface area contributed by atoms with Crippen LogP contribution in [0.1, 0.15) is 37.0 Å². The number of ketones is 1. The number of ether oxygens (including phenoxy) is 2. The van der Waals surface area contributed by atoms with Crippen LogP contribution >= 0.6 is 0 Å². The molecule has 0 radical (unpaired) electrons. The van der Waals surface area contributed by atoms with Crippen molar-refractivity contribution in [2.75, 3.05) is 7.11 Å². The van der Waals surface area contributed by atoms with Crippen LogP contribution in [0.3, 0.4) is 0 Å². The zero-order valence-corrected chi connectivity index (χ0v) is 14.8. The van der Waals surface area contributed by atoms with Gasteiger partial charge in [-0.3, -0.25) is 14.9 Å². The van der Waals surface area contributed by atoms with Crippen molar-refractivity contribution < 1.29 is 19.2 Å². The first kappa shape index (κ1) is 17.7. The number of hydrogen-bond donors (Lipinski definition) is 0. The molecule has 0 N–H and O–H groups in total. The molecular weight excluding hydrogens is 334 g/mol. The number of methoxy groups -OCH3 is 1. The van der Waals surface area contributed by atoms with E-state index in [1.807, 2.05) is 24.3 Å². The van der Waals surface area contributed by atoms with Gasteiger partial charge >= 0.3 is 0 Å². The molecule has 0 aliphatic carbocycles. The third kappa shape index (κ3) is 3.18. The van der Waals surface area contributed by atoms with Gasteiger partial charge in [-0.15, -0.1) is 0 Å². The van der Waals surface area contributed by atoms with Gasteiger partial charge in [0.2, 0.25) is 0 Å². The molecule has 3 rings (SSSR count).